The smallest absolute Gasteiger partial charge is 0.232 e. The van der Waals surface area contributed by atoms with Crippen LogP contribution in [0.1, 0.15) is 17.8 Å². The highest BCUT2D eigenvalue weighted by atomic mass is 16.2. The van der Waals surface area contributed by atoms with Crippen LogP contribution in [-0.4, -0.2) is 44.9 Å². The summed E-state index contributed by atoms with van der Waals surface area (Å²) in [5.74, 6) is 1.82. The molecule has 0 bridgehead atoms. The number of fused-ring (bicyclic) bond motifs is 1. The van der Waals surface area contributed by atoms with E-state index in [4.69, 9.17) is 5.73 Å². The minimum atomic E-state index is 0.156. The Balaban J connectivity index is 1.46. The van der Waals surface area contributed by atoms with Gasteiger partial charge in [0.2, 0.25) is 17.8 Å². The predicted octanol–water partition coefficient (Wildman–Crippen LogP) is 0.826. The van der Waals surface area contributed by atoms with E-state index in [9.17, 15) is 4.79 Å². The summed E-state index contributed by atoms with van der Waals surface area (Å²) >= 11 is 0. The van der Waals surface area contributed by atoms with Crippen molar-refractivity contribution in [1.82, 2.24) is 25.2 Å². The number of likely N-dealkylation sites (tertiary alicyclic amines) is 1. The normalized spacial score (nSPS) is 22.7. The van der Waals surface area contributed by atoms with Gasteiger partial charge in [0.1, 0.15) is 5.82 Å². The van der Waals surface area contributed by atoms with Crippen molar-refractivity contribution in [1.29, 1.82) is 0 Å². The van der Waals surface area contributed by atoms with Gasteiger partial charge in [-0.25, -0.2) is 0 Å². The van der Waals surface area contributed by atoms with Crippen LogP contribution in [0.2, 0.25) is 0 Å². The number of aromatic nitrogens is 3. The Hall–Kier alpha value is -2.74. The predicted molar refractivity (Wildman–Crippen MR) is 94.0 cm³/mol. The number of hydrogen-bond donors (Lipinski definition) is 3. The maximum Gasteiger partial charge on any atom is 0.232 e. The standard InChI is InChI=1S/C17H21N7O/c1-10-3-2-4-12(5-10)19-17-22-14(21-16(18)23-17)9-24-7-11-6-15(25)20-13(11)8-24/h2-5,11,13H,6-9H2,1H3,(H,20,25)(H3,18,19,21,22,23)/t11-,13+/m0/s1. The number of carbonyl (C=O) groups excluding carboxylic acids is 1. The zero-order chi connectivity index (χ0) is 17.4. The van der Waals surface area contributed by atoms with E-state index < -0.39 is 0 Å². The summed E-state index contributed by atoms with van der Waals surface area (Å²) in [6.07, 6.45) is 0.612. The molecular formula is C17H21N7O. The molecular weight excluding hydrogens is 318 g/mol. The SMILES string of the molecule is Cc1cccc(Nc2nc(N)nc(CN3C[C@@H]4CC(=O)N[C@@H]4C3)n2)c1. The summed E-state index contributed by atoms with van der Waals surface area (Å²) in [5, 5.41) is 6.20. The summed E-state index contributed by atoms with van der Waals surface area (Å²) in [6, 6.07) is 8.22. The molecule has 2 saturated heterocycles. The van der Waals surface area contributed by atoms with Crippen molar-refractivity contribution in [3.8, 4) is 0 Å². The van der Waals surface area contributed by atoms with Crippen LogP contribution in [-0.2, 0) is 11.3 Å². The first kappa shape index (κ1) is 15.8. The molecule has 3 heterocycles. The molecule has 2 aliphatic rings. The summed E-state index contributed by atoms with van der Waals surface area (Å²) in [6.45, 7) is 4.32. The average Bonchev–Trinajstić information content (AvgIpc) is 3.03. The van der Waals surface area contributed by atoms with Gasteiger partial charge in [0, 0.05) is 37.2 Å². The third-order valence-corrected chi connectivity index (χ3v) is 4.65. The van der Waals surface area contributed by atoms with Crippen LogP contribution >= 0.6 is 0 Å². The Morgan fingerprint density at radius 1 is 1.32 bits per heavy atom. The van der Waals surface area contributed by atoms with E-state index in [2.05, 4.69) is 30.5 Å². The molecule has 2 aromatic rings. The minimum Gasteiger partial charge on any atom is -0.368 e. The zero-order valence-electron chi connectivity index (χ0n) is 14.1. The number of rotatable bonds is 4. The lowest BCUT2D eigenvalue weighted by molar-refractivity contribution is -0.119. The van der Waals surface area contributed by atoms with Gasteiger partial charge in [-0.15, -0.1) is 0 Å². The maximum absolute atomic E-state index is 11.4. The van der Waals surface area contributed by atoms with Crippen LogP contribution in [0.25, 0.3) is 0 Å². The topological polar surface area (TPSA) is 109 Å². The van der Waals surface area contributed by atoms with Crippen molar-refractivity contribution in [2.24, 2.45) is 5.92 Å². The van der Waals surface area contributed by atoms with Crippen LogP contribution in [0.4, 0.5) is 17.6 Å². The maximum atomic E-state index is 11.4. The highest BCUT2D eigenvalue weighted by Crippen LogP contribution is 2.26. The largest absolute Gasteiger partial charge is 0.368 e. The Labute approximate surface area is 145 Å². The number of benzene rings is 1. The number of anilines is 3. The highest BCUT2D eigenvalue weighted by Gasteiger charge is 2.39. The lowest BCUT2D eigenvalue weighted by Crippen LogP contribution is -2.32. The molecule has 25 heavy (non-hydrogen) atoms. The van der Waals surface area contributed by atoms with Gasteiger partial charge in [-0.3, -0.25) is 9.69 Å². The number of hydrogen-bond acceptors (Lipinski definition) is 7. The van der Waals surface area contributed by atoms with Crippen LogP contribution < -0.4 is 16.4 Å². The van der Waals surface area contributed by atoms with Crippen LogP contribution in [0.3, 0.4) is 0 Å². The molecule has 0 unspecified atom stereocenters. The van der Waals surface area contributed by atoms with Gasteiger partial charge < -0.3 is 16.4 Å². The second kappa shape index (κ2) is 6.29. The Morgan fingerprint density at radius 2 is 2.20 bits per heavy atom. The molecule has 1 amide bonds. The summed E-state index contributed by atoms with van der Waals surface area (Å²) in [7, 11) is 0. The van der Waals surface area contributed by atoms with Gasteiger partial charge in [-0.2, -0.15) is 15.0 Å². The van der Waals surface area contributed by atoms with E-state index in [0.717, 1.165) is 24.3 Å². The molecule has 1 aromatic carbocycles. The molecule has 4 N–H and O–H groups in total. The lowest BCUT2D eigenvalue weighted by Gasteiger charge is -2.16. The highest BCUT2D eigenvalue weighted by molar-refractivity contribution is 5.79. The number of nitrogen functional groups attached to an aromatic ring is 1. The first-order valence-corrected chi connectivity index (χ1v) is 8.41. The molecule has 0 aliphatic carbocycles. The molecule has 130 valence electrons. The number of nitrogens with zero attached hydrogens (tertiary/aromatic N) is 4. The van der Waals surface area contributed by atoms with E-state index in [-0.39, 0.29) is 17.9 Å². The average molecular weight is 339 g/mol. The fourth-order valence-electron chi connectivity index (χ4n) is 3.58. The number of carbonyl (C=O) groups is 1. The van der Waals surface area contributed by atoms with Gasteiger partial charge >= 0.3 is 0 Å². The summed E-state index contributed by atoms with van der Waals surface area (Å²) < 4.78 is 0. The number of aryl methyl sites for hydroxylation is 1. The van der Waals surface area contributed by atoms with Gasteiger partial charge in [0.15, 0.2) is 0 Å². The quantitative estimate of drug-likeness (QED) is 0.757. The van der Waals surface area contributed by atoms with Crippen molar-refractivity contribution in [2.45, 2.75) is 25.9 Å². The van der Waals surface area contributed by atoms with Gasteiger partial charge in [-0.05, 0) is 24.6 Å². The molecule has 8 nitrogen and oxygen atoms in total. The first-order valence-electron chi connectivity index (χ1n) is 8.41. The van der Waals surface area contributed by atoms with Gasteiger partial charge in [0.05, 0.1) is 6.54 Å². The molecule has 1 aromatic heterocycles. The van der Waals surface area contributed by atoms with Crippen LogP contribution in [0.5, 0.6) is 0 Å². The zero-order valence-corrected chi connectivity index (χ0v) is 14.1. The summed E-state index contributed by atoms with van der Waals surface area (Å²) in [4.78, 5) is 26.6. The third-order valence-electron chi connectivity index (χ3n) is 4.65. The number of nitrogens with one attached hydrogen (secondary N) is 2. The van der Waals surface area contributed by atoms with E-state index in [1.165, 1.54) is 0 Å². The third kappa shape index (κ3) is 3.53. The second-order valence-corrected chi connectivity index (χ2v) is 6.76. The van der Waals surface area contributed by atoms with Crippen molar-refractivity contribution in [3.63, 3.8) is 0 Å². The number of amides is 1. The molecule has 0 saturated carbocycles. The van der Waals surface area contributed by atoms with E-state index in [1.54, 1.807) is 0 Å². The molecule has 2 fully saturated rings. The molecule has 2 atom stereocenters. The van der Waals surface area contributed by atoms with Crippen molar-refractivity contribution in [2.75, 3.05) is 24.1 Å². The Kier molecular flexibility index (Phi) is 3.96. The van der Waals surface area contributed by atoms with E-state index >= 15 is 0 Å². The minimum absolute atomic E-state index is 0.156. The molecule has 2 aliphatic heterocycles. The van der Waals surface area contributed by atoms with Gasteiger partial charge in [0.25, 0.3) is 0 Å². The fraction of sp³-hybridized carbons (Fsp3) is 0.412. The monoisotopic (exact) mass is 339 g/mol. The first-order chi connectivity index (χ1) is 12.0. The van der Waals surface area contributed by atoms with Crippen LogP contribution in [0, 0.1) is 12.8 Å². The van der Waals surface area contributed by atoms with Crippen molar-refractivity contribution < 1.29 is 4.79 Å². The lowest BCUT2D eigenvalue weighted by atomic mass is 10.1. The fourth-order valence-corrected chi connectivity index (χ4v) is 3.58. The second-order valence-electron chi connectivity index (χ2n) is 6.76. The van der Waals surface area contributed by atoms with Gasteiger partial charge in [-0.1, -0.05) is 12.1 Å². The molecule has 8 heteroatoms. The Bertz CT molecular complexity index is 793. The van der Waals surface area contributed by atoms with Crippen molar-refractivity contribution >= 4 is 23.5 Å². The van der Waals surface area contributed by atoms with E-state index in [1.807, 2.05) is 31.2 Å². The Morgan fingerprint density at radius 3 is 3.00 bits per heavy atom. The van der Waals surface area contributed by atoms with Crippen LogP contribution in [0.15, 0.2) is 24.3 Å². The molecule has 0 spiro atoms. The molecule has 4 rings (SSSR count). The van der Waals surface area contributed by atoms with Crippen molar-refractivity contribution in [3.05, 3.63) is 35.7 Å². The summed E-state index contributed by atoms with van der Waals surface area (Å²) in [5.41, 5.74) is 7.91. The number of nitrogens with two attached hydrogens (primary N) is 1. The van der Waals surface area contributed by atoms with E-state index in [0.29, 0.717) is 30.7 Å². The molecule has 0 radical (unpaired) electrons.